The molecule has 3 rings (SSSR count). The fourth-order valence-corrected chi connectivity index (χ4v) is 4.64. The van der Waals surface area contributed by atoms with Crippen molar-refractivity contribution in [3.63, 3.8) is 0 Å². The van der Waals surface area contributed by atoms with Gasteiger partial charge in [0.1, 0.15) is 4.75 Å². The number of fused-ring (bicyclic) bond motifs is 1. The summed E-state index contributed by atoms with van der Waals surface area (Å²) >= 11 is -1.06. The highest BCUT2D eigenvalue weighted by atomic mass is 32.2. The van der Waals surface area contributed by atoms with Gasteiger partial charge in [-0.25, -0.2) is 0 Å². The second-order valence-corrected chi connectivity index (χ2v) is 9.74. The molecule has 1 unspecified atom stereocenters. The summed E-state index contributed by atoms with van der Waals surface area (Å²) in [6.45, 7) is 10.2. The average molecular weight is 321 g/mol. The zero-order chi connectivity index (χ0) is 16.0. The van der Waals surface area contributed by atoms with Crippen LogP contribution >= 0.6 is 0 Å². The van der Waals surface area contributed by atoms with Crippen molar-refractivity contribution in [2.45, 2.75) is 57.7 Å². The van der Waals surface area contributed by atoms with Gasteiger partial charge < -0.3 is 9.87 Å². The molecule has 1 aromatic heterocycles. The van der Waals surface area contributed by atoms with Crippen LogP contribution in [0.25, 0.3) is 0 Å². The third-order valence-corrected chi connectivity index (χ3v) is 6.57. The van der Waals surface area contributed by atoms with E-state index in [2.05, 4.69) is 21.1 Å². The van der Waals surface area contributed by atoms with Crippen LogP contribution in [0.2, 0.25) is 0 Å². The SMILES string of the molecule is Cc1cc2c(cn1)CC1(CCNCC1)[C@@H]2N[S+]([O-])C(C)(C)C. The number of hydrogen-bond acceptors (Lipinski definition) is 4. The van der Waals surface area contributed by atoms with Gasteiger partial charge >= 0.3 is 0 Å². The van der Waals surface area contributed by atoms with Crippen molar-refractivity contribution in [2.24, 2.45) is 5.41 Å². The maximum Gasteiger partial charge on any atom is 0.136 e. The number of aryl methyl sites for hydroxylation is 1. The molecule has 0 saturated carbocycles. The van der Waals surface area contributed by atoms with Gasteiger partial charge in [-0.15, -0.1) is 4.72 Å². The molecule has 1 aromatic rings. The Bertz CT molecular complexity index is 549. The van der Waals surface area contributed by atoms with Gasteiger partial charge in [-0.1, -0.05) is 0 Å². The topological polar surface area (TPSA) is 60.0 Å². The molecule has 0 radical (unpaired) electrons. The standard InChI is InChI=1S/C17H27N3OS/c1-12-9-14-13(11-19-12)10-17(5-7-18-8-6-17)15(14)20-22(21)16(2,3)4/h9,11,15,18,20H,5-8,10H2,1-4H3/t15-,22?/m1/s1. The highest BCUT2D eigenvalue weighted by Gasteiger charge is 2.49. The molecule has 2 atom stereocenters. The van der Waals surface area contributed by atoms with Crippen molar-refractivity contribution in [3.05, 3.63) is 29.1 Å². The predicted octanol–water partition coefficient (Wildman–Crippen LogP) is 2.41. The first-order valence-corrected chi connectivity index (χ1v) is 9.31. The summed E-state index contributed by atoms with van der Waals surface area (Å²) in [5, 5.41) is 3.46. The van der Waals surface area contributed by atoms with Gasteiger partial charge in [0, 0.05) is 28.7 Å². The molecule has 1 aliphatic heterocycles. The van der Waals surface area contributed by atoms with Crippen LogP contribution in [-0.2, 0) is 17.8 Å². The minimum absolute atomic E-state index is 0.173. The second kappa shape index (κ2) is 5.78. The lowest BCUT2D eigenvalue weighted by Gasteiger charge is -2.40. The Labute approximate surface area is 136 Å². The summed E-state index contributed by atoms with van der Waals surface area (Å²) in [5.74, 6) is 0. The molecule has 2 heterocycles. The monoisotopic (exact) mass is 321 g/mol. The van der Waals surface area contributed by atoms with E-state index in [1.165, 1.54) is 11.1 Å². The Kier molecular flexibility index (Phi) is 4.27. The number of aromatic nitrogens is 1. The Hall–Kier alpha value is -0.620. The van der Waals surface area contributed by atoms with Crippen LogP contribution < -0.4 is 10.0 Å². The maximum atomic E-state index is 12.7. The first-order chi connectivity index (χ1) is 10.3. The molecule has 0 aromatic carbocycles. The number of pyridine rings is 1. The van der Waals surface area contributed by atoms with Crippen molar-refractivity contribution < 1.29 is 4.55 Å². The fraction of sp³-hybridized carbons (Fsp3) is 0.706. The number of nitrogens with one attached hydrogen (secondary N) is 2. The lowest BCUT2D eigenvalue weighted by Crippen LogP contribution is -2.48. The number of rotatable bonds is 2. The zero-order valence-electron chi connectivity index (χ0n) is 14.0. The van der Waals surface area contributed by atoms with E-state index < -0.39 is 11.4 Å². The molecule has 1 spiro atoms. The second-order valence-electron chi connectivity index (χ2n) is 7.75. The van der Waals surface area contributed by atoms with Crippen LogP contribution in [0, 0.1) is 12.3 Å². The highest BCUT2D eigenvalue weighted by molar-refractivity contribution is 7.90. The molecule has 122 valence electrons. The number of nitrogens with zero attached hydrogens (tertiary/aromatic N) is 1. The van der Waals surface area contributed by atoms with E-state index in [9.17, 15) is 4.55 Å². The summed E-state index contributed by atoms with van der Waals surface area (Å²) in [4.78, 5) is 4.47. The van der Waals surface area contributed by atoms with Gasteiger partial charge in [-0.2, -0.15) is 0 Å². The van der Waals surface area contributed by atoms with Crippen molar-refractivity contribution in [1.82, 2.24) is 15.0 Å². The summed E-state index contributed by atoms with van der Waals surface area (Å²) in [6.07, 6.45) is 5.33. The third kappa shape index (κ3) is 2.92. The van der Waals surface area contributed by atoms with E-state index in [-0.39, 0.29) is 16.2 Å². The van der Waals surface area contributed by atoms with E-state index in [0.717, 1.165) is 38.0 Å². The molecule has 0 bridgehead atoms. The van der Waals surface area contributed by atoms with Gasteiger partial charge in [-0.3, -0.25) is 4.98 Å². The minimum atomic E-state index is -1.06. The van der Waals surface area contributed by atoms with Gasteiger partial charge in [-0.05, 0) is 77.2 Å². The van der Waals surface area contributed by atoms with E-state index in [1.807, 2.05) is 33.9 Å². The van der Waals surface area contributed by atoms with Crippen molar-refractivity contribution in [3.8, 4) is 0 Å². The van der Waals surface area contributed by atoms with Gasteiger partial charge in [0.2, 0.25) is 0 Å². The van der Waals surface area contributed by atoms with E-state index in [0.29, 0.717) is 0 Å². The lowest BCUT2D eigenvalue weighted by atomic mass is 9.73. The Morgan fingerprint density at radius 2 is 2.05 bits per heavy atom. The predicted molar refractivity (Wildman–Crippen MR) is 91.0 cm³/mol. The van der Waals surface area contributed by atoms with Crippen LogP contribution in [0.15, 0.2) is 12.3 Å². The molecule has 0 amide bonds. The first kappa shape index (κ1) is 16.2. The van der Waals surface area contributed by atoms with Crippen LogP contribution in [0.3, 0.4) is 0 Å². The molecule has 2 aliphatic rings. The molecule has 1 fully saturated rings. The van der Waals surface area contributed by atoms with Gasteiger partial charge in [0.05, 0.1) is 6.04 Å². The quantitative estimate of drug-likeness (QED) is 0.821. The summed E-state index contributed by atoms with van der Waals surface area (Å²) in [6, 6.07) is 2.36. The Morgan fingerprint density at radius 3 is 2.68 bits per heavy atom. The molecule has 1 aliphatic carbocycles. The highest BCUT2D eigenvalue weighted by Crippen LogP contribution is 2.51. The lowest BCUT2D eigenvalue weighted by molar-refractivity contribution is 0.163. The summed E-state index contributed by atoms with van der Waals surface area (Å²) in [7, 11) is 0. The van der Waals surface area contributed by atoms with E-state index >= 15 is 0 Å². The summed E-state index contributed by atoms with van der Waals surface area (Å²) < 4.78 is 15.9. The van der Waals surface area contributed by atoms with E-state index in [1.54, 1.807) is 0 Å². The van der Waals surface area contributed by atoms with Gasteiger partial charge in [0.15, 0.2) is 0 Å². The van der Waals surface area contributed by atoms with Crippen LogP contribution in [-0.4, -0.2) is 27.4 Å². The van der Waals surface area contributed by atoms with Crippen molar-refractivity contribution in [1.29, 1.82) is 0 Å². The smallest absolute Gasteiger partial charge is 0.136 e. The average Bonchev–Trinajstić information content (AvgIpc) is 2.72. The molecular formula is C17H27N3OS. The normalized spacial score (nSPS) is 25.2. The fourth-order valence-electron chi connectivity index (χ4n) is 3.70. The van der Waals surface area contributed by atoms with Gasteiger partial charge in [0.25, 0.3) is 0 Å². The number of piperidine rings is 1. The molecule has 5 heteroatoms. The van der Waals surface area contributed by atoms with Crippen molar-refractivity contribution in [2.75, 3.05) is 13.1 Å². The third-order valence-electron chi connectivity index (χ3n) is 5.01. The largest absolute Gasteiger partial charge is 0.598 e. The van der Waals surface area contributed by atoms with Crippen LogP contribution in [0.1, 0.15) is 56.5 Å². The minimum Gasteiger partial charge on any atom is -0.598 e. The molecular weight excluding hydrogens is 294 g/mol. The van der Waals surface area contributed by atoms with E-state index in [4.69, 9.17) is 0 Å². The molecule has 4 nitrogen and oxygen atoms in total. The Morgan fingerprint density at radius 1 is 1.36 bits per heavy atom. The molecule has 1 saturated heterocycles. The Balaban J connectivity index is 1.95. The first-order valence-electron chi connectivity index (χ1n) is 8.16. The van der Waals surface area contributed by atoms with Crippen LogP contribution in [0.5, 0.6) is 0 Å². The zero-order valence-corrected chi connectivity index (χ0v) is 14.8. The number of hydrogen-bond donors (Lipinski definition) is 2. The summed E-state index contributed by atoms with van der Waals surface area (Å²) in [5.41, 5.74) is 3.87. The van der Waals surface area contributed by atoms with Crippen LogP contribution in [0.4, 0.5) is 0 Å². The van der Waals surface area contributed by atoms with Crippen molar-refractivity contribution >= 4 is 11.4 Å². The maximum absolute atomic E-state index is 12.7. The molecule has 22 heavy (non-hydrogen) atoms. The molecule has 2 N–H and O–H groups in total.